The number of imidazole rings is 1. The largest absolute Gasteiger partial charge is 0.480 e. The van der Waals surface area contributed by atoms with E-state index in [1.165, 1.54) is 24.3 Å². The Morgan fingerprint density at radius 1 is 1.06 bits per heavy atom. The summed E-state index contributed by atoms with van der Waals surface area (Å²) in [6.07, 6.45) is 4.74. The van der Waals surface area contributed by atoms with E-state index in [0.29, 0.717) is 11.4 Å². The summed E-state index contributed by atoms with van der Waals surface area (Å²) in [5.74, 6) is -3.24. The number of aliphatic hydroxyl groups is 2. The Morgan fingerprint density at radius 2 is 1.68 bits per heavy atom. The van der Waals surface area contributed by atoms with Crippen molar-refractivity contribution >= 4 is 35.5 Å². The Kier molecular flexibility index (Phi) is 11.6. The molecule has 0 saturated heterocycles. The fourth-order valence-corrected chi connectivity index (χ4v) is 2.89. The number of carbonyl (C=O) groups is 4. The number of aromatic amines is 1. The molecule has 0 fully saturated rings. The molecule has 31 heavy (non-hydrogen) atoms. The lowest BCUT2D eigenvalue weighted by Gasteiger charge is -2.24. The maximum Gasteiger partial charge on any atom is 0.326 e. The van der Waals surface area contributed by atoms with E-state index < -0.39 is 61.1 Å². The minimum atomic E-state index is -1.41. The molecular formula is C17H28N6O7S. The van der Waals surface area contributed by atoms with Gasteiger partial charge in [0.2, 0.25) is 17.7 Å². The predicted octanol–water partition coefficient (Wildman–Crippen LogP) is -3.44. The molecule has 14 heteroatoms. The number of carboxylic acids is 1. The van der Waals surface area contributed by atoms with Gasteiger partial charge in [-0.25, -0.2) is 9.78 Å². The number of hydrogen-bond acceptors (Lipinski definition) is 9. The number of thioether (sulfide) groups is 1. The fourth-order valence-electron chi connectivity index (χ4n) is 2.42. The Hall–Kier alpha value is -2.68. The quantitative estimate of drug-likeness (QED) is 0.137. The first-order valence-corrected chi connectivity index (χ1v) is 10.7. The topological polar surface area (TPSA) is 220 Å². The Bertz CT molecular complexity index is 733. The molecule has 1 heterocycles. The highest BCUT2D eigenvalue weighted by atomic mass is 32.2. The summed E-state index contributed by atoms with van der Waals surface area (Å²) in [6.45, 7) is -1.43. The molecule has 1 rings (SSSR count). The first kappa shape index (κ1) is 26.4. The summed E-state index contributed by atoms with van der Waals surface area (Å²) in [7, 11) is 0. The SMILES string of the molecule is CSCCC(NC(=O)C(CO)NC(=O)C(N)CO)C(=O)NC(Cc1cnc[nH]1)C(=O)O. The van der Waals surface area contributed by atoms with Gasteiger partial charge < -0.3 is 42.0 Å². The summed E-state index contributed by atoms with van der Waals surface area (Å²) in [6, 6.07) is -5.07. The molecule has 174 valence electrons. The summed E-state index contributed by atoms with van der Waals surface area (Å²) in [4.78, 5) is 55.0. The number of nitrogens with one attached hydrogen (secondary N) is 4. The van der Waals surface area contributed by atoms with Crippen LogP contribution in [0.1, 0.15) is 12.1 Å². The molecule has 0 radical (unpaired) electrons. The zero-order valence-corrected chi connectivity index (χ0v) is 17.7. The van der Waals surface area contributed by atoms with Crippen molar-refractivity contribution in [2.45, 2.75) is 37.0 Å². The Balaban J connectivity index is 2.84. The number of H-pyrrole nitrogens is 1. The normalized spacial score (nSPS) is 14.7. The van der Waals surface area contributed by atoms with Gasteiger partial charge in [0.25, 0.3) is 0 Å². The van der Waals surface area contributed by atoms with E-state index in [0.717, 1.165) is 0 Å². The summed E-state index contributed by atoms with van der Waals surface area (Å²) in [5, 5.41) is 34.7. The van der Waals surface area contributed by atoms with Gasteiger partial charge in [-0.1, -0.05) is 0 Å². The van der Waals surface area contributed by atoms with Crippen LogP contribution >= 0.6 is 11.8 Å². The van der Waals surface area contributed by atoms with Crippen LogP contribution in [-0.4, -0.2) is 98.4 Å². The number of aliphatic hydroxyl groups excluding tert-OH is 2. The predicted molar refractivity (Wildman–Crippen MR) is 111 cm³/mol. The minimum absolute atomic E-state index is 0.0430. The molecule has 0 aromatic carbocycles. The molecule has 0 aliphatic rings. The van der Waals surface area contributed by atoms with Crippen molar-refractivity contribution in [2.24, 2.45) is 5.73 Å². The van der Waals surface area contributed by atoms with Gasteiger partial charge in [-0.15, -0.1) is 0 Å². The van der Waals surface area contributed by atoms with Crippen molar-refractivity contribution in [3.05, 3.63) is 18.2 Å². The summed E-state index contributed by atoms with van der Waals surface area (Å²) >= 11 is 1.41. The monoisotopic (exact) mass is 460 g/mol. The van der Waals surface area contributed by atoms with E-state index in [2.05, 4.69) is 25.9 Å². The lowest BCUT2D eigenvalue weighted by atomic mass is 10.1. The van der Waals surface area contributed by atoms with Gasteiger partial charge >= 0.3 is 5.97 Å². The third kappa shape index (κ3) is 8.92. The van der Waals surface area contributed by atoms with Crippen molar-refractivity contribution in [1.82, 2.24) is 25.9 Å². The fraction of sp³-hybridized carbons (Fsp3) is 0.588. The molecule has 0 aliphatic carbocycles. The van der Waals surface area contributed by atoms with Crippen LogP contribution in [-0.2, 0) is 25.6 Å². The van der Waals surface area contributed by atoms with Crippen LogP contribution in [0.2, 0.25) is 0 Å². The molecule has 0 aliphatic heterocycles. The Labute approximate surface area is 182 Å². The van der Waals surface area contributed by atoms with Crippen LogP contribution in [0, 0.1) is 0 Å². The zero-order valence-electron chi connectivity index (χ0n) is 16.9. The van der Waals surface area contributed by atoms with Crippen LogP contribution in [0.4, 0.5) is 0 Å². The van der Waals surface area contributed by atoms with Gasteiger partial charge in [-0.2, -0.15) is 11.8 Å². The van der Waals surface area contributed by atoms with Crippen LogP contribution in [0.3, 0.4) is 0 Å². The van der Waals surface area contributed by atoms with Gasteiger partial charge in [-0.05, 0) is 18.4 Å². The molecule has 9 N–H and O–H groups in total. The average Bonchev–Trinajstić information content (AvgIpc) is 3.26. The average molecular weight is 461 g/mol. The third-order valence-corrected chi connectivity index (χ3v) is 4.83. The molecule has 13 nitrogen and oxygen atoms in total. The van der Waals surface area contributed by atoms with Crippen molar-refractivity contribution < 1.29 is 34.5 Å². The molecule has 4 unspecified atom stereocenters. The smallest absolute Gasteiger partial charge is 0.326 e. The number of carboxylic acid groups (broad SMARTS) is 1. The molecule has 0 spiro atoms. The molecule has 0 saturated carbocycles. The molecule has 4 atom stereocenters. The van der Waals surface area contributed by atoms with E-state index in [1.807, 2.05) is 0 Å². The number of nitrogens with zero attached hydrogens (tertiary/aromatic N) is 1. The van der Waals surface area contributed by atoms with Crippen molar-refractivity contribution in [3.63, 3.8) is 0 Å². The Morgan fingerprint density at radius 3 is 2.19 bits per heavy atom. The van der Waals surface area contributed by atoms with E-state index in [9.17, 15) is 29.4 Å². The first-order valence-electron chi connectivity index (χ1n) is 9.30. The van der Waals surface area contributed by atoms with Crippen molar-refractivity contribution in [1.29, 1.82) is 0 Å². The molecule has 1 aromatic rings. The van der Waals surface area contributed by atoms with Gasteiger partial charge in [0.15, 0.2) is 0 Å². The maximum absolute atomic E-state index is 12.7. The number of hydrogen-bond donors (Lipinski definition) is 8. The minimum Gasteiger partial charge on any atom is -0.480 e. The lowest BCUT2D eigenvalue weighted by Crippen LogP contribution is -2.58. The first-order chi connectivity index (χ1) is 14.7. The van der Waals surface area contributed by atoms with Gasteiger partial charge in [0.05, 0.1) is 19.5 Å². The molecule has 0 bridgehead atoms. The highest BCUT2D eigenvalue weighted by molar-refractivity contribution is 7.98. The number of amides is 3. The van der Waals surface area contributed by atoms with Crippen LogP contribution < -0.4 is 21.7 Å². The lowest BCUT2D eigenvalue weighted by molar-refractivity contribution is -0.142. The number of carbonyl (C=O) groups excluding carboxylic acids is 3. The number of aromatic nitrogens is 2. The van der Waals surface area contributed by atoms with Crippen LogP contribution in [0.5, 0.6) is 0 Å². The van der Waals surface area contributed by atoms with E-state index in [-0.39, 0.29) is 12.8 Å². The maximum atomic E-state index is 12.7. The number of rotatable bonds is 14. The van der Waals surface area contributed by atoms with E-state index in [1.54, 1.807) is 6.26 Å². The van der Waals surface area contributed by atoms with Crippen LogP contribution in [0.25, 0.3) is 0 Å². The van der Waals surface area contributed by atoms with Gasteiger partial charge in [0.1, 0.15) is 24.2 Å². The standard InChI is InChI=1S/C17H28N6O7S/c1-31-3-2-11(21-16(28)13(7-25)23-14(26)10(18)6-24)15(27)22-12(17(29)30)4-9-5-19-8-20-9/h5,8,10-13,24-25H,2-4,6-7,18H2,1H3,(H,19,20)(H,21,28)(H,22,27)(H,23,26)(H,29,30). The van der Waals surface area contributed by atoms with E-state index in [4.69, 9.17) is 10.8 Å². The molecule has 3 amide bonds. The summed E-state index contributed by atoms with van der Waals surface area (Å²) < 4.78 is 0. The zero-order chi connectivity index (χ0) is 23.4. The molecular weight excluding hydrogens is 432 g/mol. The highest BCUT2D eigenvalue weighted by Crippen LogP contribution is 2.05. The summed E-state index contributed by atoms with van der Waals surface area (Å²) in [5.41, 5.74) is 5.87. The number of aliphatic carboxylic acids is 1. The van der Waals surface area contributed by atoms with Gasteiger partial charge in [-0.3, -0.25) is 14.4 Å². The van der Waals surface area contributed by atoms with Gasteiger partial charge in [0, 0.05) is 18.3 Å². The second-order valence-corrected chi connectivity index (χ2v) is 7.54. The number of nitrogens with two attached hydrogens (primary N) is 1. The molecule has 1 aromatic heterocycles. The second-order valence-electron chi connectivity index (χ2n) is 6.56. The van der Waals surface area contributed by atoms with Crippen LogP contribution in [0.15, 0.2) is 12.5 Å². The van der Waals surface area contributed by atoms with Crippen molar-refractivity contribution in [2.75, 3.05) is 25.2 Å². The van der Waals surface area contributed by atoms with E-state index >= 15 is 0 Å². The second kappa shape index (κ2) is 13.6. The third-order valence-electron chi connectivity index (χ3n) is 4.19. The highest BCUT2D eigenvalue weighted by Gasteiger charge is 2.30. The van der Waals surface area contributed by atoms with Crippen molar-refractivity contribution in [3.8, 4) is 0 Å².